The van der Waals surface area contributed by atoms with Gasteiger partial charge in [0, 0.05) is 13.1 Å². The van der Waals surface area contributed by atoms with Gasteiger partial charge in [-0.3, -0.25) is 9.80 Å². The Morgan fingerprint density at radius 3 is 1.50 bits per heavy atom. The van der Waals surface area contributed by atoms with E-state index in [1.54, 1.807) is 5.57 Å². The third kappa shape index (κ3) is 8.65. The van der Waals surface area contributed by atoms with Gasteiger partial charge >= 0.3 is 0 Å². The average Bonchev–Trinajstić information content (AvgIpc) is 2.56. The molecule has 24 heavy (non-hydrogen) atoms. The summed E-state index contributed by atoms with van der Waals surface area (Å²) in [7, 11) is 0. The summed E-state index contributed by atoms with van der Waals surface area (Å²) in [6, 6.07) is 10.8. The maximum absolute atomic E-state index is 2.62. The van der Waals surface area contributed by atoms with Crippen LogP contribution in [0.1, 0.15) is 58.9 Å². The highest BCUT2D eigenvalue weighted by Gasteiger charge is 2.11. The lowest BCUT2D eigenvalue weighted by molar-refractivity contribution is 0.264. The van der Waals surface area contributed by atoms with Gasteiger partial charge in [-0.05, 0) is 63.0 Å². The summed E-state index contributed by atoms with van der Waals surface area (Å²) in [5.74, 6) is 0. The Morgan fingerprint density at radius 2 is 1.12 bits per heavy atom. The minimum atomic E-state index is 1.10. The summed E-state index contributed by atoms with van der Waals surface area (Å²) in [6.07, 6.45) is 7.33. The van der Waals surface area contributed by atoms with E-state index in [4.69, 9.17) is 0 Å². The largest absolute Gasteiger partial charge is 0.299 e. The van der Waals surface area contributed by atoms with Crippen LogP contribution < -0.4 is 0 Å². The summed E-state index contributed by atoms with van der Waals surface area (Å²) >= 11 is 0. The maximum Gasteiger partial charge on any atom is 0.0208 e. The minimum Gasteiger partial charge on any atom is -0.299 e. The quantitative estimate of drug-likeness (QED) is 0.483. The van der Waals surface area contributed by atoms with E-state index in [-0.39, 0.29) is 0 Å². The lowest BCUT2D eigenvalue weighted by Gasteiger charge is -2.27. The zero-order valence-corrected chi connectivity index (χ0v) is 16.4. The molecule has 1 aromatic carbocycles. The molecule has 0 heterocycles. The van der Waals surface area contributed by atoms with Gasteiger partial charge in [-0.15, -0.1) is 0 Å². The fourth-order valence-electron chi connectivity index (χ4n) is 3.31. The van der Waals surface area contributed by atoms with Crippen molar-refractivity contribution in [1.29, 1.82) is 0 Å². The van der Waals surface area contributed by atoms with E-state index in [0.717, 1.165) is 13.1 Å². The third-order valence-electron chi connectivity index (χ3n) is 4.18. The molecule has 0 fully saturated rings. The summed E-state index contributed by atoms with van der Waals surface area (Å²) < 4.78 is 0. The number of nitrogens with zero attached hydrogens (tertiary/aromatic N) is 2. The first-order chi connectivity index (χ1) is 11.7. The molecule has 0 saturated heterocycles. The van der Waals surface area contributed by atoms with Crippen LogP contribution in [0.3, 0.4) is 0 Å². The van der Waals surface area contributed by atoms with Crippen LogP contribution in [0.4, 0.5) is 0 Å². The summed E-state index contributed by atoms with van der Waals surface area (Å²) in [5, 5.41) is 0. The Labute approximate surface area is 150 Å². The van der Waals surface area contributed by atoms with E-state index >= 15 is 0 Å². The molecule has 0 aliphatic rings. The van der Waals surface area contributed by atoms with Crippen LogP contribution in [0.2, 0.25) is 0 Å². The molecule has 0 aliphatic heterocycles. The maximum atomic E-state index is 2.62. The minimum absolute atomic E-state index is 1.10. The Kier molecular flexibility index (Phi) is 11.5. The Balaban J connectivity index is 2.90. The van der Waals surface area contributed by atoms with Crippen molar-refractivity contribution in [3.8, 4) is 0 Å². The predicted octanol–water partition coefficient (Wildman–Crippen LogP) is 5.31. The lowest BCUT2D eigenvalue weighted by atomic mass is 10.1. The highest BCUT2D eigenvalue weighted by Crippen LogP contribution is 2.12. The van der Waals surface area contributed by atoms with Gasteiger partial charge in [0.1, 0.15) is 0 Å². The fraction of sp³-hybridized carbons (Fsp3) is 0.636. The molecule has 2 heteroatoms. The first-order valence-corrected chi connectivity index (χ1v) is 9.92. The molecule has 0 spiro atoms. The molecule has 1 aromatic rings. The molecule has 136 valence electrons. The van der Waals surface area contributed by atoms with E-state index in [2.05, 4.69) is 73.9 Å². The van der Waals surface area contributed by atoms with Gasteiger partial charge in [0.2, 0.25) is 0 Å². The number of hydrogen-bond acceptors (Lipinski definition) is 2. The lowest BCUT2D eigenvalue weighted by Crippen LogP contribution is -2.33. The Hall–Kier alpha value is -1.12. The van der Waals surface area contributed by atoms with Gasteiger partial charge in [-0.2, -0.15) is 0 Å². The van der Waals surface area contributed by atoms with Crippen molar-refractivity contribution in [3.63, 3.8) is 0 Å². The van der Waals surface area contributed by atoms with Gasteiger partial charge in [-0.25, -0.2) is 0 Å². The van der Waals surface area contributed by atoms with Gasteiger partial charge in [0.05, 0.1) is 0 Å². The predicted molar refractivity (Wildman–Crippen MR) is 108 cm³/mol. The van der Waals surface area contributed by atoms with E-state index in [1.807, 2.05) is 0 Å². The second-order valence-corrected chi connectivity index (χ2v) is 6.77. The first-order valence-electron chi connectivity index (χ1n) is 9.92. The number of rotatable bonds is 13. The summed E-state index contributed by atoms with van der Waals surface area (Å²) in [6.45, 7) is 16.1. The van der Waals surface area contributed by atoms with E-state index < -0.39 is 0 Å². The molecule has 0 amide bonds. The van der Waals surface area contributed by atoms with Gasteiger partial charge in [0.25, 0.3) is 0 Å². The van der Waals surface area contributed by atoms with Gasteiger partial charge in [0.15, 0.2) is 0 Å². The standard InChI is InChI=1S/C22H38N2/c1-5-14-23(15-6-2)19-22(18-21-12-10-9-11-13-21)20-24(16-7-3)17-8-4/h9-13,18H,5-8,14-17,19-20H2,1-4H3. The molecular weight excluding hydrogens is 292 g/mol. The number of hydrogen-bond donors (Lipinski definition) is 0. The SMILES string of the molecule is CCCN(CCC)CC(=Cc1ccccc1)CN(CCC)CCC. The van der Waals surface area contributed by atoms with Crippen LogP contribution >= 0.6 is 0 Å². The smallest absolute Gasteiger partial charge is 0.0208 e. The van der Waals surface area contributed by atoms with Crippen molar-refractivity contribution in [3.05, 3.63) is 41.5 Å². The van der Waals surface area contributed by atoms with Crippen LogP contribution in [0.15, 0.2) is 35.9 Å². The van der Waals surface area contributed by atoms with Crippen LogP contribution in [-0.4, -0.2) is 49.1 Å². The Bertz CT molecular complexity index is 407. The van der Waals surface area contributed by atoms with E-state index in [1.165, 1.54) is 57.4 Å². The molecule has 0 N–H and O–H groups in total. The normalized spacial score (nSPS) is 11.2. The molecule has 0 unspecified atom stereocenters. The molecule has 0 radical (unpaired) electrons. The molecule has 0 aliphatic carbocycles. The highest BCUT2D eigenvalue weighted by atomic mass is 15.1. The van der Waals surface area contributed by atoms with Crippen LogP contribution in [-0.2, 0) is 0 Å². The Morgan fingerprint density at radius 1 is 0.708 bits per heavy atom. The van der Waals surface area contributed by atoms with Crippen molar-refractivity contribution < 1.29 is 0 Å². The molecule has 0 saturated carbocycles. The first kappa shape index (κ1) is 20.9. The van der Waals surface area contributed by atoms with E-state index in [0.29, 0.717) is 0 Å². The van der Waals surface area contributed by atoms with Crippen molar-refractivity contribution in [1.82, 2.24) is 9.80 Å². The monoisotopic (exact) mass is 330 g/mol. The van der Waals surface area contributed by atoms with Crippen molar-refractivity contribution in [2.24, 2.45) is 0 Å². The highest BCUT2D eigenvalue weighted by molar-refractivity contribution is 5.53. The van der Waals surface area contributed by atoms with Gasteiger partial charge in [-0.1, -0.05) is 64.1 Å². The zero-order chi connectivity index (χ0) is 17.6. The fourth-order valence-corrected chi connectivity index (χ4v) is 3.31. The van der Waals surface area contributed by atoms with Gasteiger partial charge < -0.3 is 0 Å². The van der Waals surface area contributed by atoms with Crippen molar-refractivity contribution in [2.75, 3.05) is 39.3 Å². The molecular formula is C22H38N2. The second kappa shape index (κ2) is 13.2. The van der Waals surface area contributed by atoms with E-state index in [9.17, 15) is 0 Å². The zero-order valence-electron chi connectivity index (χ0n) is 16.4. The molecule has 0 atom stereocenters. The van der Waals surface area contributed by atoms with Crippen LogP contribution in [0.25, 0.3) is 6.08 Å². The molecule has 2 nitrogen and oxygen atoms in total. The molecule has 1 rings (SSSR count). The number of benzene rings is 1. The average molecular weight is 331 g/mol. The van der Waals surface area contributed by atoms with Crippen LogP contribution in [0, 0.1) is 0 Å². The summed E-state index contributed by atoms with van der Waals surface area (Å²) in [4.78, 5) is 5.23. The topological polar surface area (TPSA) is 6.48 Å². The van der Waals surface area contributed by atoms with Crippen LogP contribution in [0.5, 0.6) is 0 Å². The second-order valence-electron chi connectivity index (χ2n) is 6.77. The van der Waals surface area contributed by atoms with Crippen molar-refractivity contribution in [2.45, 2.75) is 53.4 Å². The molecule has 0 aromatic heterocycles. The summed E-state index contributed by atoms with van der Waals surface area (Å²) in [5.41, 5.74) is 2.87. The third-order valence-corrected chi connectivity index (χ3v) is 4.18. The van der Waals surface area contributed by atoms with Crippen molar-refractivity contribution >= 4 is 6.08 Å². The molecule has 0 bridgehead atoms.